The zero-order valence-corrected chi connectivity index (χ0v) is 15.9. The SMILES string of the molecule is Cc1nc2sc3c(c2c(-c2cc4ccccc4o2)c1CC(=O)O)CCCC3. The molecule has 1 aliphatic rings. The Hall–Kier alpha value is -2.66. The molecule has 4 nitrogen and oxygen atoms in total. The molecule has 1 N–H and O–H groups in total. The van der Waals surface area contributed by atoms with Crippen LogP contribution in [0.2, 0.25) is 0 Å². The van der Waals surface area contributed by atoms with Gasteiger partial charge < -0.3 is 9.52 Å². The maximum absolute atomic E-state index is 11.6. The van der Waals surface area contributed by atoms with Crippen LogP contribution in [0.5, 0.6) is 0 Å². The van der Waals surface area contributed by atoms with Crippen molar-refractivity contribution in [3.63, 3.8) is 0 Å². The fourth-order valence-electron chi connectivity index (χ4n) is 4.18. The number of thiophene rings is 1. The van der Waals surface area contributed by atoms with Crippen molar-refractivity contribution in [3.05, 3.63) is 52.0 Å². The Bertz CT molecular complexity index is 1170. The molecule has 3 aromatic heterocycles. The van der Waals surface area contributed by atoms with Crippen LogP contribution in [-0.2, 0) is 24.1 Å². The van der Waals surface area contributed by atoms with E-state index in [1.54, 1.807) is 11.3 Å². The van der Waals surface area contributed by atoms with E-state index in [-0.39, 0.29) is 6.42 Å². The molecule has 0 atom stereocenters. The van der Waals surface area contributed by atoms with E-state index in [1.165, 1.54) is 23.3 Å². The van der Waals surface area contributed by atoms with E-state index < -0.39 is 5.97 Å². The first kappa shape index (κ1) is 16.5. The number of carboxylic acid groups (broad SMARTS) is 1. The zero-order valence-electron chi connectivity index (χ0n) is 15.0. The largest absolute Gasteiger partial charge is 0.481 e. The number of fused-ring (bicyclic) bond motifs is 4. The molecule has 5 rings (SSSR count). The molecule has 3 heterocycles. The lowest BCUT2D eigenvalue weighted by Crippen LogP contribution is -2.06. The van der Waals surface area contributed by atoms with E-state index >= 15 is 0 Å². The number of nitrogens with zero attached hydrogens (tertiary/aromatic N) is 1. The summed E-state index contributed by atoms with van der Waals surface area (Å²) < 4.78 is 6.18. The van der Waals surface area contributed by atoms with Crippen molar-refractivity contribution in [3.8, 4) is 11.3 Å². The fourth-order valence-corrected chi connectivity index (χ4v) is 5.50. The molecule has 0 radical (unpaired) electrons. The van der Waals surface area contributed by atoms with Gasteiger partial charge in [0.2, 0.25) is 0 Å². The minimum Gasteiger partial charge on any atom is -0.481 e. The minimum atomic E-state index is -0.847. The Morgan fingerprint density at radius 1 is 1.26 bits per heavy atom. The lowest BCUT2D eigenvalue weighted by atomic mass is 9.91. The minimum absolute atomic E-state index is 0.0498. The smallest absolute Gasteiger partial charge is 0.307 e. The molecule has 0 unspecified atom stereocenters. The number of hydrogen-bond donors (Lipinski definition) is 1. The van der Waals surface area contributed by atoms with Crippen molar-refractivity contribution in [1.82, 2.24) is 4.98 Å². The van der Waals surface area contributed by atoms with E-state index in [0.717, 1.165) is 56.6 Å². The van der Waals surface area contributed by atoms with Crippen LogP contribution in [0, 0.1) is 6.92 Å². The van der Waals surface area contributed by atoms with Crippen molar-refractivity contribution in [2.75, 3.05) is 0 Å². The van der Waals surface area contributed by atoms with Gasteiger partial charge in [0.1, 0.15) is 16.2 Å². The fraction of sp³-hybridized carbons (Fsp3) is 0.273. The molecule has 0 aliphatic heterocycles. The molecule has 0 fully saturated rings. The summed E-state index contributed by atoms with van der Waals surface area (Å²) in [6, 6.07) is 9.94. The molecular weight excluding hydrogens is 358 g/mol. The van der Waals surface area contributed by atoms with E-state index in [4.69, 9.17) is 9.40 Å². The van der Waals surface area contributed by atoms with E-state index in [1.807, 2.05) is 37.3 Å². The van der Waals surface area contributed by atoms with Crippen molar-refractivity contribution >= 4 is 38.5 Å². The number of carbonyl (C=O) groups is 1. The highest BCUT2D eigenvalue weighted by Crippen LogP contribution is 2.44. The molecule has 0 amide bonds. The second kappa shape index (κ2) is 6.20. The molecular formula is C22H19NO3S. The number of aryl methyl sites for hydroxylation is 3. The van der Waals surface area contributed by atoms with Crippen LogP contribution in [0.3, 0.4) is 0 Å². The number of pyridine rings is 1. The third-order valence-corrected chi connectivity index (χ3v) is 6.60. The average Bonchev–Trinajstić information content (AvgIpc) is 3.22. The van der Waals surface area contributed by atoms with Crippen molar-refractivity contribution < 1.29 is 14.3 Å². The van der Waals surface area contributed by atoms with Gasteiger partial charge in [0, 0.05) is 26.9 Å². The summed E-state index contributed by atoms with van der Waals surface area (Å²) in [6.07, 6.45) is 4.44. The van der Waals surface area contributed by atoms with Crippen LogP contribution in [-0.4, -0.2) is 16.1 Å². The van der Waals surface area contributed by atoms with Crippen LogP contribution in [0.4, 0.5) is 0 Å². The third kappa shape index (κ3) is 2.65. The highest BCUT2D eigenvalue weighted by atomic mass is 32.1. The first-order chi connectivity index (χ1) is 13.1. The predicted molar refractivity (Wildman–Crippen MR) is 108 cm³/mol. The number of hydrogen-bond acceptors (Lipinski definition) is 4. The van der Waals surface area contributed by atoms with Gasteiger partial charge in [-0.15, -0.1) is 11.3 Å². The average molecular weight is 377 g/mol. The van der Waals surface area contributed by atoms with Gasteiger partial charge in [-0.3, -0.25) is 4.79 Å². The first-order valence-corrected chi connectivity index (χ1v) is 10.1. The summed E-state index contributed by atoms with van der Waals surface area (Å²) in [6.45, 7) is 1.91. The summed E-state index contributed by atoms with van der Waals surface area (Å²) >= 11 is 1.76. The summed E-state index contributed by atoms with van der Waals surface area (Å²) in [5.74, 6) is -0.102. The Morgan fingerprint density at radius 3 is 2.89 bits per heavy atom. The second-order valence-corrected chi connectivity index (χ2v) is 8.24. The Morgan fingerprint density at radius 2 is 2.07 bits per heavy atom. The van der Waals surface area contributed by atoms with Gasteiger partial charge in [0.15, 0.2) is 0 Å². The third-order valence-electron chi connectivity index (χ3n) is 5.41. The molecule has 0 bridgehead atoms. The zero-order chi connectivity index (χ0) is 18.5. The highest BCUT2D eigenvalue weighted by molar-refractivity contribution is 7.19. The lowest BCUT2D eigenvalue weighted by Gasteiger charge is -2.14. The molecule has 5 heteroatoms. The number of rotatable bonds is 3. The predicted octanol–water partition coefficient (Wildman–Crippen LogP) is 5.52. The summed E-state index contributed by atoms with van der Waals surface area (Å²) in [7, 11) is 0. The molecule has 27 heavy (non-hydrogen) atoms. The van der Waals surface area contributed by atoms with Gasteiger partial charge in [-0.1, -0.05) is 18.2 Å². The molecule has 1 aliphatic carbocycles. The monoisotopic (exact) mass is 377 g/mol. The van der Waals surface area contributed by atoms with Gasteiger partial charge in [-0.25, -0.2) is 4.98 Å². The summed E-state index contributed by atoms with van der Waals surface area (Å²) in [5.41, 5.74) is 4.63. The van der Waals surface area contributed by atoms with Crippen LogP contribution in [0.25, 0.3) is 32.5 Å². The number of aliphatic carboxylic acids is 1. The lowest BCUT2D eigenvalue weighted by molar-refractivity contribution is -0.136. The van der Waals surface area contributed by atoms with Gasteiger partial charge >= 0.3 is 5.97 Å². The van der Waals surface area contributed by atoms with Gasteiger partial charge in [-0.05, 0) is 55.9 Å². The van der Waals surface area contributed by atoms with Gasteiger partial charge in [0.05, 0.1) is 6.42 Å². The van der Waals surface area contributed by atoms with Crippen molar-refractivity contribution in [2.45, 2.75) is 39.0 Å². The second-order valence-electron chi connectivity index (χ2n) is 7.16. The summed E-state index contributed by atoms with van der Waals surface area (Å²) in [4.78, 5) is 18.8. The molecule has 136 valence electrons. The van der Waals surface area contributed by atoms with Gasteiger partial charge in [0.25, 0.3) is 0 Å². The molecule has 1 aromatic carbocycles. The Balaban J connectivity index is 1.88. The molecule has 0 saturated heterocycles. The number of aromatic nitrogens is 1. The molecule has 0 spiro atoms. The molecule has 0 saturated carbocycles. The number of para-hydroxylation sites is 1. The van der Waals surface area contributed by atoms with Gasteiger partial charge in [-0.2, -0.15) is 0 Å². The topological polar surface area (TPSA) is 63.3 Å². The van der Waals surface area contributed by atoms with Crippen molar-refractivity contribution in [2.24, 2.45) is 0 Å². The maximum Gasteiger partial charge on any atom is 0.307 e. The van der Waals surface area contributed by atoms with Crippen LogP contribution in [0.1, 0.15) is 34.5 Å². The Kier molecular flexibility index (Phi) is 3.79. The Labute approximate surface area is 160 Å². The standard InChI is InChI=1S/C22H19NO3S/c1-12-15(11-19(24)25)20(17-10-13-6-2-4-8-16(13)26-17)21-14-7-3-5-9-18(14)27-22(21)23-12/h2,4,6,8,10H,3,5,7,9,11H2,1H3,(H,24,25). The quantitative estimate of drug-likeness (QED) is 0.510. The number of benzene rings is 1. The van der Waals surface area contributed by atoms with Crippen molar-refractivity contribution in [1.29, 1.82) is 0 Å². The van der Waals surface area contributed by atoms with Crippen LogP contribution < -0.4 is 0 Å². The first-order valence-electron chi connectivity index (χ1n) is 9.26. The number of furan rings is 1. The van der Waals surface area contributed by atoms with E-state index in [0.29, 0.717) is 0 Å². The van der Waals surface area contributed by atoms with Crippen LogP contribution in [0.15, 0.2) is 34.7 Å². The number of carboxylic acids is 1. The van der Waals surface area contributed by atoms with E-state index in [9.17, 15) is 9.90 Å². The molecule has 4 aromatic rings. The maximum atomic E-state index is 11.6. The summed E-state index contributed by atoms with van der Waals surface area (Å²) in [5, 5.41) is 11.6. The van der Waals surface area contributed by atoms with Crippen LogP contribution >= 0.6 is 11.3 Å². The normalized spacial score (nSPS) is 14.0. The van der Waals surface area contributed by atoms with E-state index in [2.05, 4.69) is 0 Å². The highest BCUT2D eigenvalue weighted by Gasteiger charge is 2.26.